The number of β-amino-alcohol motifs (C(OH)–C–C–N with tert-alkyl or cyclic N) is 1. The maximum atomic E-state index is 14.9. The van der Waals surface area contributed by atoms with Gasteiger partial charge in [0.25, 0.3) is 0 Å². The number of rotatable bonds is 10. The van der Waals surface area contributed by atoms with Crippen LogP contribution < -0.4 is 10.6 Å². The Morgan fingerprint density at radius 3 is 2.71 bits per heavy atom. The number of halogens is 1. The van der Waals surface area contributed by atoms with Crippen molar-refractivity contribution in [2.45, 2.75) is 19.1 Å². The van der Waals surface area contributed by atoms with Crippen molar-refractivity contribution < 1.29 is 23.9 Å². The molecule has 2 aliphatic heterocycles. The summed E-state index contributed by atoms with van der Waals surface area (Å²) < 4.78 is 19.9. The van der Waals surface area contributed by atoms with Crippen LogP contribution in [0, 0.1) is 11.2 Å². The Morgan fingerprint density at radius 1 is 1.29 bits per heavy atom. The summed E-state index contributed by atoms with van der Waals surface area (Å²) in [5.41, 5.74) is 7.05. The van der Waals surface area contributed by atoms with Gasteiger partial charge in [0.2, 0.25) is 5.95 Å². The first-order valence-corrected chi connectivity index (χ1v) is 10.8. The predicted molar refractivity (Wildman–Crippen MR) is 122 cm³/mol. The summed E-state index contributed by atoms with van der Waals surface area (Å²) in [5, 5.41) is 20.2. The van der Waals surface area contributed by atoms with Gasteiger partial charge in [0.05, 0.1) is 25.4 Å². The molecule has 12 heteroatoms. The second kappa shape index (κ2) is 10.5. The molecule has 2 saturated heterocycles. The minimum atomic E-state index is -0.691. The summed E-state index contributed by atoms with van der Waals surface area (Å²) >= 11 is 0. The molecule has 0 unspecified atom stereocenters. The minimum absolute atomic E-state index is 0.0620. The number of nitrogens with two attached hydrogens (primary N) is 1. The molecule has 0 saturated carbocycles. The summed E-state index contributed by atoms with van der Waals surface area (Å²) in [4.78, 5) is 29.8. The third kappa shape index (κ3) is 5.64. The SMILES string of the molecule is N=C(N)CC(=O)OCc1cccc(-c2cnc(N3CC(=NOC4CN(CCO)C4)C3)nc2)c1F. The topological polar surface area (TPSA) is 150 Å². The monoisotopic (exact) mass is 471 g/mol. The van der Waals surface area contributed by atoms with Crippen molar-refractivity contribution in [1.29, 1.82) is 5.41 Å². The lowest BCUT2D eigenvalue weighted by Crippen LogP contribution is -2.53. The van der Waals surface area contributed by atoms with Gasteiger partial charge in [0.15, 0.2) is 6.10 Å². The Labute approximate surface area is 195 Å². The van der Waals surface area contributed by atoms with Gasteiger partial charge >= 0.3 is 5.97 Å². The molecule has 0 aliphatic carbocycles. The van der Waals surface area contributed by atoms with E-state index in [1.54, 1.807) is 24.5 Å². The number of hydrogen-bond acceptors (Lipinski definition) is 10. The van der Waals surface area contributed by atoms with E-state index in [9.17, 15) is 9.18 Å². The van der Waals surface area contributed by atoms with E-state index in [4.69, 9.17) is 25.8 Å². The Morgan fingerprint density at radius 2 is 2.03 bits per heavy atom. The van der Waals surface area contributed by atoms with Gasteiger partial charge in [-0.15, -0.1) is 0 Å². The Hall–Kier alpha value is -3.64. The molecule has 0 radical (unpaired) electrons. The number of esters is 1. The number of carbonyl (C=O) groups is 1. The average Bonchev–Trinajstić information content (AvgIpc) is 2.75. The fourth-order valence-corrected chi connectivity index (χ4v) is 3.56. The molecule has 2 aliphatic rings. The molecular formula is C22H26FN7O4. The summed E-state index contributed by atoms with van der Waals surface area (Å²) in [6.45, 7) is 3.19. The first-order chi connectivity index (χ1) is 16.4. The lowest BCUT2D eigenvalue weighted by Gasteiger charge is -2.37. The van der Waals surface area contributed by atoms with Gasteiger partial charge < -0.3 is 25.3 Å². The van der Waals surface area contributed by atoms with Crippen LogP contribution in [0.5, 0.6) is 0 Å². The van der Waals surface area contributed by atoms with E-state index in [2.05, 4.69) is 20.0 Å². The number of hydrogen-bond donors (Lipinski definition) is 3. The molecule has 3 heterocycles. The highest BCUT2D eigenvalue weighted by molar-refractivity contribution is 5.98. The number of likely N-dealkylation sites (tertiary alicyclic amines) is 1. The van der Waals surface area contributed by atoms with E-state index < -0.39 is 11.8 Å². The zero-order valence-corrected chi connectivity index (χ0v) is 18.5. The Balaban J connectivity index is 1.30. The second-order valence-corrected chi connectivity index (χ2v) is 8.14. The molecule has 0 bridgehead atoms. The van der Waals surface area contributed by atoms with Crippen LogP contribution in [-0.4, -0.2) is 82.9 Å². The number of nitrogens with one attached hydrogen (secondary N) is 1. The molecule has 0 amide bonds. The number of carbonyl (C=O) groups excluding carboxylic acids is 1. The molecule has 4 N–H and O–H groups in total. The summed E-state index contributed by atoms with van der Waals surface area (Å²) in [5.74, 6) is -1.02. The maximum absolute atomic E-state index is 14.9. The smallest absolute Gasteiger partial charge is 0.313 e. The van der Waals surface area contributed by atoms with Crippen LogP contribution in [0.2, 0.25) is 0 Å². The maximum Gasteiger partial charge on any atom is 0.313 e. The van der Waals surface area contributed by atoms with Crippen LogP contribution in [0.25, 0.3) is 11.1 Å². The highest BCUT2D eigenvalue weighted by Gasteiger charge is 2.30. The summed E-state index contributed by atoms with van der Waals surface area (Å²) in [6.07, 6.45) is 2.81. The van der Waals surface area contributed by atoms with Crippen LogP contribution in [0.3, 0.4) is 0 Å². The minimum Gasteiger partial charge on any atom is -0.460 e. The van der Waals surface area contributed by atoms with E-state index in [-0.39, 0.29) is 37.1 Å². The molecule has 1 aromatic heterocycles. The number of nitrogens with zero attached hydrogens (tertiary/aromatic N) is 5. The van der Waals surface area contributed by atoms with Crippen molar-refractivity contribution >= 4 is 23.5 Å². The second-order valence-electron chi connectivity index (χ2n) is 8.14. The third-order valence-corrected chi connectivity index (χ3v) is 5.45. The van der Waals surface area contributed by atoms with Crippen LogP contribution in [0.15, 0.2) is 35.7 Å². The highest BCUT2D eigenvalue weighted by Crippen LogP contribution is 2.26. The van der Waals surface area contributed by atoms with Crippen molar-refractivity contribution in [2.75, 3.05) is 44.2 Å². The first-order valence-electron chi connectivity index (χ1n) is 10.8. The van der Waals surface area contributed by atoms with Gasteiger partial charge in [-0.25, -0.2) is 14.4 Å². The lowest BCUT2D eigenvalue weighted by molar-refractivity contribution is -0.143. The van der Waals surface area contributed by atoms with E-state index in [1.165, 1.54) is 6.07 Å². The molecule has 180 valence electrons. The van der Waals surface area contributed by atoms with Crippen LogP contribution in [0.1, 0.15) is 12.0 Å². The van der Waals surface area contributed by atoms with Gasteiger partial charge in [-0.05, 0) is 0 Å². The number of anilines is 1. The highest BCUT2D eigenvalue weighted by atomic mass is 19.1. The molecular weight excluding hydrogens is 445 g/mol. The molecule has 4 rings (SSSR count). The molecule has 2 fully saturated rings. The normalized spacial score (nSPS) is 15.9. The van der Waals surface area contributed by atoms with Crippen molar-refractivity contribution in [3.63, 3.8) is 0 Å². The van der Waals surface area contributed by atoms with E-state index >= 15 is 0 Å². The van der Waals surface area contributed by atoms with Gasteiger partial charge in [0, 0.05) is 48.7 Å². The first kappa shape index (κ1) is 23.5. The van der Waals surface area contributed by atoms with Gasteiger partial charge in [-0.1, -0.05) is 23.4 Å². The van der Waals surface area contributed by atoms with Crippen molar-refractivity contribution in [3.05, 3.63) is 42.0 Å². The largest absolute Gasteiger partial charge is 0.460 e. The number of benzene rings is 1. The van der Waals surface area contributed by atoms with Gasteiger partial charge in [-0.3, -0.25) is 15.1 Å². The Bertz CT molecular complexity index is 1070. The van der Waals surface area contributed by atoms with Crippen LogP contribution >= 0.6 is 0 Å². The van der Waals surface area contributed by atoms with Crippen LogP contribution in [-0.2, 0) is 21.0 Å². The van der Waals surface area contributed by atoms with Crippen molar-refractivity contribution in [1.82, 2.24) is 14.9 Å². The van der Waals surface area contributed by atoms with Gasteiger partial charge in [-0.2, -0.15) is 0 Å². The average molecular weight is 471 g/mol. The number of ether oxygens (including phenoxy) is 1. The zero-order valence-electron chi connectivity index (χ0n) is 18.5. The number of amidine groups is 1. The fraction of sp³-hybridized carbons (Fsp3) is 0.409. The number of oxime groups is 1. The standard InChI is InChI=1S/C22H26FN7O4/c23-21-14(13-33-20(32)6-19(24)25)2-1-3-18(21)15-7-26-22(27-8-15)30-9-16(10-30)28-34-17-11-29(12-17)4-5-31/h1-3,7-8,17,31H,4-6,9-13H2,(H3,24,25). The van der Waals surface area contributed by atoms with E-state index in [0.717, 1.165) is 18.8 Å². The van der Waals surface area contributed by atoms with Crippen molar-refractivity contribution in [3.8, 4) is 11.1 Å². The Kier molecular flexibility index (Phi) is 7.28. The number of aliphatic hydroxyl groups excluding tert-OH is 1. The molecule has 0 spiro atoms. The summed E-state index contributed by atoms with van der Waals surface area (Å²) in [6, 6.07) is 4.78. The molecule has 11 nitrogen and oxygen atoms in total. The molecule has 0 atom stereocenters. The van der Waals surface area contributed by atoms with Gasteiger partial charge in [0.1, 0.15) is 24.7 Å². The lowest BCUT2D eigenvalue weighted by atomic mass is 10.1. The number of aliphatic hydroxyl groups is 1. The number of aromatic nitrogens is 2. The van der Waals surface area contributed by atoms with E-state index in [0.29, 0.717) is 36.7 Å². The van der Waals surface area contributed by atoms with E-state index in [1.807, 2.05) is 4.90 Å². The molecule has 34 heavy (non-hydrogen) atoms. The predicted octanol–water partition coefficient (Wildman–Crippen LogP) is 0.521. The molecule has 1 aromatic carbocycles. The quantitative estimate of drug-likeness (QED) is 0.195. The van der Waals surface area contributed by atoms with Crippen molar-refractivity contribution in [2.24, 2.45) is 10.9 Å². The zero-order chi connectivity index (χ0) is 24.1. The fourth-order valence-electron chi connectivity index (χ4n) is 3.56. The third-order valence-electron chi connectivity index (χ3n) is 5.45. The van der Waals surface area contributed by atoms with Crippen LogP contribution in [0.4, 0.5) is 10.3 Å². The summed E-state index contributed by atoms with van der Waals surface area (Å²) in [7, 11) is 0. The molecule has 2 aromatic rings.